The Bertz CT molecular complexity index is 2850. The number of benzene rings is 1. The van der Waals surface area contributed by atoms with Gasteiger partial charge >= 0.3 is 0 Å². The first-order valence-corrected chi connectivity index (χ1v) is 19.9. The van der Waals surface area contributed by atoms with E-state index in [4.69, 9.17) is 29.7 Å². The Morgan fingerprint density at radius 2 is 0.565 bits per heavy atom. The highest BCUT2D eigenvalue weighted by Gasteiger charge is 2.16. The van der Waals surface area contributed by atoms with E-state index in [1.54, 1.807) is 31.9 Å². The molecule has 1 aromatic carbocycles. The van der Waals surface area contributed by atoms with Crippen LogP contribution >= 0.6 is 0 Å². The van der Waals surface area contributed by atoms with E-state index in [2.05, 4.69) is 44.2 Å². The highest BCUT2D eigenvalue weighted by Crippen LogP contribution is 2.35. The molecule has 10 aromatic rings. The molecule has 62 heavy (non-hydrogen) atoms. The summed E-state index contributed by atoms with van der Waals surface area (Å²) in [6.45, 7) is 0. The van der Waals surface area contributed by atoms with Gasteiger partial charge in [0.2, 0.25) is 0 Å². The normalized spacial score (nSPS) is 11.0. The third-order valence-electron chi connectivity index (χ3n) is 10.3. The second-order valence-electron chi connectivity index (χ2n) is 14.3. The molecule has 0 aliphatic carbocycles. The quantitative estimate of drug-likeness (QED) is 0.132. The number of rotatable bonds is 10. The van der Waals surface area contributed by atoms with Crippen molar-refractivity contribution in [1.29, 1.82) is 0 Å². The third-order valence-corrected chi connectivity index (χ3v) is 10.3. The second kappa shape index (κ2) is 16.9. The molecule has 10 rings (SSSR count). The Balaban J connectivity index is 1.09. The van der Waals surface area contributed by atoms with Crippen molar-refractivity contribution in [2.24, 2.45) is 0 Å². The fourth-order valence-corrected chi connectivity index (χ4v) is 7.22. The van der Waals surface area contributed by atoms with Crippen LogP contribution in [0.15, 0.2) is 195 Å². The molecule has 10 nitrogen and oxygen atoms in total. The minimum Gasteiger partial charge on any atom is -0.497 e. The van der Waals surface area contributed by atoms with Crippen LogP contribution in [0, 0.1) is 0 Å². The van der Waals surface area contributed by atoms with Gasteiger partial charge in [0, 0.05) is 37.2 Å². The average molecular weight is 802 g/mol. The summed E-state index contributed by atoms with van der Waals surface area (Å²) in [6, 6.07) is 51.7. The molecule has 0 amide bonds. The number of hydrogen-bond donors (Lipinski definition) is 0. The SMILES string of the molecule is COc1ccc(-c2cc(-c3cc(-c4cc(-c5ccccn5)nc(-c5ccccn5)c4)ccn3)nc(-c3cc(-c4cc(-c5ccccn5)nc(-c5ccccn5)c4)ccn3)c2)cc1. The Kier molecular flexibility index (Phi) is 10.3. The number of hydrogen-bond acceptors (Lipinski definition) is 10. The first kappa shape index (κ1) is 37.6. The fraction of sp³-hybridized carbons (Fsp3) is 0.0192. The van der Waals surface area contributed by atoms with Crippen LogP contribution in [0.1, 0.15) is 0 Å². The van der Waals surface area contributed by atoms with Crippen LogP contribution in [0.5, 0.6) is 5.75 Å². The van der Waals surface area contributed by atoms with Gasteiger partial charge in [-0.15, -0.1) is 0 Å². The molecule has 0 unspecified atom stereocenters. The summed E-state index contributed by atoms with van der Waals surface area (Å²) >= 11 is 0. The van der Waals surface area contributed by atoms with Gasteiger partial charge in [-0.2, -0.15) is 0 Å². The highest BCUT2D eigenvalue weighted by atomic mass is 16.5. The molecule has 0 fully saturated rings. The zero-order valence-corrected chi connectivity index (χ0v) is 33.4. The van der Waals surface area contributed by atoms with Crippen LogP contribution < -0.4 is 4.74 Å². The maximum atomic E-state index is 5.49. The lowest BCUT2D eigenvalue weighted by Crippen LogP contribution is -1.97. The van der Waals surface area contributed by atoms with Crippen LogP contribution in [0.3, 0.4) is 0 Å². The predicted octanol–water partition coefficient (Wildman–Crippen LogP) is 11.3. The Morgan fingerprint density at radius 3 is 0.887 bits per heavy atom. The van der Waals surface area contributed by atoms with Crippen molar-refractivity contribution < 1.29 is 4.74 Å². The van der Waals surface area contributed by atoms with Crippen molar-refractivity contribution in [3.8, 4) is 107 Å². The molecule has 0 atom stereocenters. The molecular formula is C52H35N9O. The van der Waals surface area contributed by atoms with Crippen molar-refractivity contribution in [1.82, 2.24) is 44.9 Å². The number of ether oxygens (including phenoxy) is 1. The van der Waals surface area contributed by atoms with Crippen molar-refractivity contribution in [2.45, 2.75) is 0 Å². The minimum absolute atomic E-state index is 0.685. The Hall–Kier alpha value is -8.63. The largest absolute Gasteiger partial charge is 0.497 e. The van der Waals surface area contributed by atoms with E-state index in [1.807, 2.05) is 146 Å². The molecule has 9 aromatic heterocycles. The van der Waals surface area contributed by atoms with Gasteiger partial charge in [-0.1, -0.05) is 36.4 Å². The summed E-state index contributed by atoms with van der Waals surface area (Å²) in [5.41, 5.74) is 14.5. The molecule has 0 bridgehead atoms. The van der Waals surface area contributed by atoms with Crippen LogP contribution in [0.25, 0.3) is 102 Å². The maximum absolute atomic E-state index is 5.49. The minimum atomic E-state index is 0.685. The van der Waals surface area contributed by atoms with Crippen LogP contribution in [0.2, 0.25) is 0 Å². The zero-order valence-electron chi connectivity index (χ0n) is 33.4. The lowest BCUT2D eigenvalue weighted by atomic mass is 9.99. The van der Waals surface area contributed by atoms with Gasteiger partial charge in [0.25, 0.3) is 0 Å². The molecule has 0 radical (unpaired) electrons. The van der Waals surface area contributed by atoms with E-state index in [0.717, 1.165) is 84.7 Å². The molecule has 0 aliphatic heterocycles. The first-order chi connectivity index (χ1) is 30.6. The van der Waals surface area contributed by atoms with E-state index in [1.165, 1.54) is 0 Å². The summed E-state index contributed by atoms with van der Waals surface area (Å²) in [5, 5.41) is 0. The van der Waals surface area contributed by atoms with Gasteiger partial charge < -0.3 is 4.74 Å². The van der Waals surface area contributed by atoms with Gasteiger partial charge in [-0.25, -0.2) is 15.0 Å². The van der Waals surface area contributed by atoms with Gasteiger partial charge in [0.1, 0.15) is 5.75 Å². The molecule has 9 heterocycles. The van der Waals surface area contributed by atoms with E-state index < -0.39 is 0 Å². The van der Waals surface area contributed by atoms with E-state index in [-0.39, 0.29) is 0 Å². The molecular weight excluding hydrogens is 767 g/mol. The monoisotopic (exact) mass is 801 g/mol. The topological polar surface area (TPSA) is 125 Å². The van der Waals surface area contributed by atoms with Gasteiger partial charge in [0.15, 0.2) is 0 Å². The molecule has 0 aliphatic rings. The standard InChI is InChI=1S/C52H35N9O/c1-62-40-16-14-34(15-17-40)37-28-51(45-26-35(18-24-57-45)38-30-47(41-10-2-6-20-53-41)59-48(31-38)42-11-3-7-21-54-42)61-52(29-37)46-27-36(19-25-58-46)39-32-49(43-12-4-8-22-55-43)60-50(33-39)44-13-5-9-23-56-44/h2-33H,1H3. The highest BCUT2D eigenvalue weighted by molar-refractivity contribution is 5.81. The Labute approximate surface area is 357 Å². The summed E-state index contributed by atoms with van der Waals surface area (Å²) in [5.74, 6) is 0.770. The van der Waals surface area contributed by atoms with E-state index in [9.17, 15) is 0 Å². The van der Waals surface area contributed by atoms with Gasteiger partial charge in [-0.05, 0) is 155 Å². The Morgan fingerprint density at radius 1 is 0.258 bits per heavy atom. The van der Waals surface area contributed by atoms with Crippen LogP contribution in [0.4, 0.5) is 0 Å². The lowest BCUT2D eigenvalue weighted by Gasteiger charge is -2.13. The smallest absolute Gasteiger partial charge is 0.118 e. The van der Waals surface area contributed by atoms with Crippen LogP contribution in [-0.4, -0.2) is 52.0 Å². The molecule has 0 N–H and O–H groups in total. The second-order valence-corrected chi connectivity index (χ2v) is 14.3. The summed E-state index contributed by atoms with van der Waals surface area (Å²) in [4.78, 5) is 43.4. The van der Waals surface area contributed by atoms with Crippen molar-refractivity contribution in [3.63, 3.8) is 0 Å². The van der Waals surface area contributed by atoms with Crippen molar-refractivity contribution in [2.75, 3.05) is 7.11 Å². The molecule has 0 saturated carbocycles. The summed E-state index contributed by atoms with van der Waals surface area (Å²) in [6.07, 6.45) is 10.7. The van der Waals surface area contributed by atoms with E-state index >= 15 is 0 Å². The number of methoxy groups -OCH3 is 1. The fourth-order valence-electron chi connectivity index (χ4n) is 7.22. The predicted molar refractivity (Wildman–Crippen MR) is 242 cm³/mol. The third kappa shape index (κ3) is 8.03. The summed E-state index contributed by atoms with van der Waals surface area (Å²) in [7, 11) is 1.66. The van der Waals surface area contributed by atoms with Crippen LogP contribution in [-0.2, 0) is 0 Å². The molecule has 294 valence electrons. The zero-order chi connectivity index (χ0) is 41.7. The summed E-state index contributed by atoms with van der Waals surface area (Å²) < 4.78 is 5.49. The number of aromatic nitrogens is 9. The van der Waals surface area contributed by atoms with Gasteiger partial charge in [0.05, 0.1) is 75.4 Å². The van der Waals surface area contributed by atoms with Crippen molar-refractivity contribution >= 4 is 0 Å². The average Bonchev–Trinajstić information content (AvgIpc) is 3.37. The maximum Gasteiger partial charge on any atom is 0.118 e. The molecule has 0 saturated heterocycles. The molecule has 0 spiro atoms. The lowest BCUT2D eigenvalue weighted by molar-refractivity contribution is 0.415. The first-order valence-electron chi connectivity index (χ1n) is 19.9. The van der Waals surface area contributed by atoms with Crippen molar-refractivity contribution in [3.05, 3.63) is 195 Å². The van der Waals surface area contributed by atoms with Gasteiger partial charge in [-0.3, -0.25) is 29.9 Å². The number of nitrogens with zero attached hydrogens (tertiary/aromatic N) is 9. The number of pyridine rings is 9. The van der Waals surface area contributed by atoms with E-state index in [0.29, 0.717) is 22.8 Å². The molecule has 10 heteroatoms.